The van der Waals surface area contributed by atoms with Crippen LogP contribution in [0.4, 0.5) is 0 Å². The molecule has 0 bridgehead atoms. The fourth-order valence-electron chi connectivity index (χ4n) is 4.97. The molecule has 0 saturated carbocycles. The van der Waals surface area contributed by atoms with Crippen molar-refractivity contribution in [1.29, 1.82) is 0 Å². The lowest BCUT2D eigenvalue weighted by atomic mass is 9.83. The summed E-state index contributed by atoms with van der Waals surface area (Å²) in [5.74, 6) is -2.25. The molecule has 196 valence electrons. The van der Waals surface area contributed by atoms with Gasteiger partial charge in [0.05, 0.1) is 14.2 Å². The fraction of sp³-hybridized carbons (Fsp3) is 0.556. The highest BCUT2D eigenvalue weighted by Gasteiger charge is 2.53. The first-order chi connectivity index (χ1) is 17.2. The first-order valence-corrected chi connectivity index (χ1v) is 12.1. The number of hydrogen-bond donors (Lipinski definition) is 0. The number of carbonyl (C=O) groups is 4. The molecule has 0 unspecified atom stereocenters. The van der Waals surface area contributed by atoms with Crippen LogP contribution in [0.3, 0.4) is 0 Å². The minimum Gasteiger partial charge on any atom is -0.468 e. The maximum atomic E-state index is 12.8. The maximum absolute atomic E-state index is 12.8. The van der Waals surface area contributed by atoms with Gasteiger partial charge in [0.15, 0.2) is 5.41 Å². The maximum Gasteiger partial charge on any atom is 0.323 e. The lowest BCUT2D eigenvalue weighted by Crippen LogP contribution is -2.42. The molecule has 2 aliphatic rings. The van der Waals surface area contributed by atoms with Crippen LogP contribution in [-0.2, 0) is 62.1 Å². The molecule has 1 aliphatic heterocycles. The standard InChI is InChI=1S/C27H34O9/c1-6-7-8-18-9-10-19-13-27(25(30)32-4,26(31)33-5)14-20(19)24(18)22-12-11-21(35-17(3)29)23(36-22)15-34-16(2)28/h9-12,21-23H,6-8,13-15H2,1-5H3/t21-,22-,23+/m0/s1. The predicted octanol–water partition coefficient (Wildman–Crippen LogP) is 2.95. The van der Waals surface area contributed by atoms with E-state index in [9.17, 15) is 19.2 Å². The lowest BCUT2D eigenvalue weighted by molar-refractivity contribution is -0.168. The van der Waals surface area contributed by atoms with Crippen LogP contribution in [0, 0.1) is 5.41 Å². The topological polar surface area (TPSA) is 114 Å². The zero-order valence-electron chi connectivity index (χ0n) is 21.5. The SMILES string of the molecule is CCCCc1ccc2c(c1[C@@H]1C=C[C@H](OC(C)=O)[C@@H](COC(C)=O)O1)CC(C(=O)OC)(C(=O)OC)C2. The van der Waals surface area contributed by atoms with Crippen molar-refractivity contribution in [3.63, 3.8) is 0 Å². The molecule has 1 aromatic carbocycles. The highest BCUT2D eigenvalue weighted by Crippen LogP contribution is 2.45. The van der Waals surface area contributed by atoms with Crippen LogP contribution < -0.4 is 0 Å². The van der Waals surface area contributed by atoms with Crippen molar-refractivity contribution in [3.8, 4) is 0 Å². The van der Waals surface area contributed by atoms with Crippen molar-refractivity contribution in [3.05, 3.63) is 46.5 Å². The summed E-state index contributed by atoms with van der Waals surface area (Å²) in [4.78, 5) is 48.7. The Bertz CT molecular complexity index is 1030. The van der Waals surface area contributed by atoms with Crippen LogP contribution in [0.15, 0.2) is 24.3 Å². The lowest BCUT2D eigenvalue weighted by Gasteiger charge is -2.33. The molecule has 0 spiro atoms. The predicted molar refractivity (Wildman–Crippen MR) is 128 cm³/mol. The molecule has 9 nitrogen and oxygen atoms in total. The van der Waals surface area contributed by atoms with Crippen molar-refractivity contribution >= 4 is 23.9 Å². The summed E-state index contributed by atoms with van der Waals surface area (Å²) in [5.41, 5.74) is 2.11. The first kappa shape index (κ1) is 27.4. The van der Waals surface area contributed by atoms with Gasteiger partial charge in [-0.3, -0.25) is 19.2 Å². The third-order valence-corrected chi connectivity index (χ3v) is 6.67. The van der Waals surface area contributed by atoms with E-state index in [-0.39, 0.29) is 19.4 Å². The van der Waals surface area contributed by atoms with Gasteiger partial charge >= 0.3 is 23.9 Å². The summed E-state index contributed by atoms with van der Waals surface area (Å²) in [6.45, 7) is 4.60. The van der Waals surface area contributed by atoms with Gasteiger partial charge in [0.25, 0.3) is 0 Å². The highest BCUT2D eigenvalue weighted by atomic mass is 16.6. The molecule has 1 heterocycles. The number of fused-ring (bicyclic) bond motifs is 1. The molecular formula is C27H34O9. The Kier molecular flexibility index (Phi) is 8.89. The van der Waals surface area contributed by atoms with Crippen LogP contribution in [-0.4, -0.2) is 56.9 Å². The average molecular weight is 503 g/mol. The van der Waals surface area contributed by atoms with E-state index in [0.29, 0.717) is 0 Å². The molecule has 9 heteroatoms. The second-order valence-electron chi connectivity index (χ2n) is 9.16. The number of benzene rings is 1. The van der Waals surface area contributed by atoms with Gasteiger partial charge in [0, 0.05) is 20.3 Å². The van der Waals surface area contributed by atoms with Crippen molar-refractivity contribution in [2.24, 2.45) is 5.41 Å². The molecule has 0 fully saturated rings. The molecular weight excluding hydrogens is 468 g/mol. The number of ether oxygens (including phenoxy) is 5. The van der Waals surface area contributed by atoms with E-state index in [2.05, 4.69) is 6.92 Å². The van der Waals surface area contributed by atoms with Gasteiger partial charge < -0.3 is 23.7 Å². The normalized spacial score (nSPS) is 21.9. The molecule has 3 rings (SSSR count). The number of unbranched alkanes of at least 4 members (excludes halogenated alkanes) is 1. The minimum absolute atomic E-state index is 0.0955. The van der Waals surface area contributed by atoms with Crippen LogP contribution in [0.25, 0.3) is 0 Å². The Hall–Kier alpha value is -3.20. The van der Waals surface area contributed by atoms with Crippen molar-refractivity contribution in [2.45, 2.75) is 71.2 Å². The summed E-state index contributed by atoms with van der Waals surface area (Å²) in [6.07, 6.45) is 4.49. The van der Waals surface area contributed by atoms with Crippen LogP contribution in [0.1, 0.15) is 62.0 Å². The Morgan fingerprint density at radius 3 is 2.28 bits per heavy atom. The van der Waals surface area contributed by atoms with Crippen molar-refractivity contribution < 1.29 is 42.9 Å². The fourth-order valence-corrected chi connectivity index (χ4v) is 4.97. The van der Waals surface area contributed by atoms with Crippen molar-refractivity contribution in [2.75, 3.05) is 20.8 Å². The molecule has 1 aliphatic carbocycles. The number of aryl methyl sites for hydroxylation is 1. The Morgan fingerprint density at radius 1 is 1.00 bits per heavy atom. The zero-order valence-corrected chi connectivity index (χ0v) is 21.5. The van der Waals surface area contributed by atoms with Crippen molar-refractivity contribution in [1.82, 2.24) is 0 Å². The smallest absolute Gasteiger partial charge is 0.323 e. The van der Waals surface area contributed by atoms with Crippen LogP contribution in [0.5, 0.6) is 0 Å². The molecule has 0 N–H and O–H groups in total. The summed E-state index contributed by atoms with van der Waals surface area (Å²) < 4.78 is 26.9. The van der Waals surface area contributed by atoms with E-state index in [0.717, 1.165) is 41.5 Å². The van der Waals surface area contributed by atoms with Gasteiger partial charge in [-0.2, -0.15) is 0 Å². The van der Waals surface area contributed by atoms with E-state index in [1.54, 1.807) is 12.2 Å². The van der Waals surface area contributed by atoms with Gasteiger partial charge in [-0.25, -0.2) is 0 Å². The number of rotatable bonds is 9. The van der Waals surface area contributed by atoms with E-state index in [1.807, 2.05) is 12.1 Å². The number of esters is 4. The summed E-state index contributed by atoms with van der Waals surface area (Å²) in [6, 6.07) is 3.95. The summed E-state index contributed by atoms with van der Waals surface area (Å²) in [7, 11) is 2.51. The Balaban J connectivity index is 2.07. The van der Waals surface area contributed by atoms with E-state index in [4.69, 9.17) is 23.7 Å². The molecule has 0 saturated heterocycles. The quantitative estimate of drug-likeness (QED) is 0.218. The van der Waals surface area contributed by atoms with Crippen LogP contribution >= 0.6 is 0 Å². The monoisotopic (exact) mass is 502 g/mol. The summed E-state index contributed by atoms with van der Waals surface area (Å²) >= 11 is 0. The Morgan fingerprint density at radius 2 is 1.69 bits per heavy atom. The molecule has 3 atom stereocenters. The first-order valence-electron chi connectivity index (χ1n) is 12.1. The van der Waals surface area contributed by atoms with E-state index >= 15 is 0 Å². The zero-order chi connectivity index (χ0) is 26.5. The van der Waals surface area contributed by atoms with Gasteiger partial charge in [-0.15, -0.1) is 0 Å². The molecule has 0 radical (unpaired) electrons. The highest BCUT2D eigenvalue weighted by molar-refractivity contribution is 6.01. The average Bonchev–Trinajstić information content (AvgIpc) is 3.26. The Labute approximate surface area is 211 Å². The summed E-state index contributed by atoms with van der Waals surface area (Å²) in [5, 5.41) is 0. The molecule has 1 aromatic rings. The molecule has 36 heavy (non-hydrogen) atoms. The van der Waals surface area contributed by atoms with E-state index in [1.165, 1.54) is 28.1 Å². The van der Waals surface area contributed by atoms with Crippen LogP contribution in [0.2, 0.25) is 0 Å². The number of hydrogen-bond acceptors (Lipinski definition) is 9. The number of methoxy groups -OCH3 is 2. The second-order valence-corrected chi connectivity index (χ2v) is 9.16. The van der Waals surface area contributed by atoms with Gasteiger partial charge in [0.2, 0.25) is 0 Å². The number of carbonyl (C=O) groups excluding carboxylic acids is 4. The van der Waals surface area contributed by atoms with Gasteiger partial charge in [0.1, 0.15) is 24.9 Å². The van der Waals surface area contributed by atoms with Gasteiger partial charge in [-0.1, -0.05) is 31.6 Å². The third-order valence-electron chi connectivity index (χ3n) is 6.67. The molecule has 0 aromatic heterocycles. The third kappa shape index (κ3) is 5.61. The largest absolute Gasteiger partial charge is 0.468 e. The molecule has 0 amide bonds. The second kappa shape index (κ2) is 11.7. The van der Waals surface area contributed by atoms with E-state index < -0.39 is 47.6 Å². The van der Waals surface area contributed by atoms with Gasteiger partial charge in [-0.05, 0) is 47.6 Å². The minimum atomic E-state index is -1.47.